The molecule has 0 amide bonds. The molecule has 0 saturated carbocycles. The molecule has 0 bridgehead atoms. The molecular formula is C17H23N5. The van der Waals surface area contributed by atoms with Gasteiger partial charge in [0.2, 0.25) is 5.95 Å². The molecule has 1 aliphatic heterocycles. The monoisotopic (exact) mass is 297 g/mol. The fourth-order valence-corrected chi connectivity index (χ4v) is 2.78. The molecular weight excluding hydrogens is 274 g/mol. The van der Waals surface area contributed by atoms with Crippen LogP contribution in [-0.4, -0.2) is 42.7 Å². The van der Waals surface area contributed by atoms with Crippen molar-refractivity contribution in [2.75, 3.05) is 36.9 Å². The number of hydrogen-bond acceptors (Lipinski definition) is 5. The van der Waals surface area contributed by atoms with Gasteiger partial charge in [-0.05, 0) is 31.5 Å². The van der Waals surface area contributed by atoms with Crippen molar-refractivity contribution in [2.24, 2.45) is 0 Å². The van der Waals surface area contributed by atoms with Crippen LogP contribution < -0.4 is 15.5 Å². The van der Waals surface area contributed by atoms with E-state index in [2.05, 4.69) is 49.8 Å². The average Bonchev–Trinajstić information content (AvgIpc) is 3.05. The third-order valence-corrected chi connectivity index (χ3v) is 4.10. The van der Waals surface area contributed by atoms with Crippen molar-refractivity contribution in [1.29, 1.82) is 0 Å². The van der Waals surface area contributed by atoms with Crippen LogP contribution in [0.2, 0.25) is 0 Å². The molecule has 2 heterocycles. The van der Waals surface area contributed by atoms with Crippen molar-refractivity contribution >= 4 is 11.8 Å². The largest absolute Gasteiger partial charge is 0.355 e. The quantitative estimate of drug-likeness (QED) is 0.853. The minimum absolute atomic E-state index is 0.560. The highest BCUT2D eigenvalue weighted by molar-refractivity contribution is 5.43. The topological polar surface area (TPSA) is 53.1 Å². The third-order valence-electron chi connectivity index (χ3n) is 4.10. The van der Waals surface area contributed by atoms with Crippen LogP contribution in [0.5, 0.6) is 0 Å². The Bertz CT molecular complexity index is 587. The summed E-state index contributed by atoms with van der Waals surface area (Å²) in [7, 11) is 2.02. The molecule has 1 atom stereocenters. The summed E-state index contributed by atoms with van der Waals surface area (Å²) in [5.74, 6) is 1.72. The number of likely N-dealkylation sites (N-methyl/N-ethyl adjacent to an activating group) is 1. The summed E-state index contributed by atoms with van der Waals surface area (Å²) < 4.78 is 0. The second-order valence-corrected chi connectivity index (χ2v) is 5.62. The molecule has 1 aromatic heterocycles. The minimum atomic E-state index is 0.560. The van der Waals surface area contributed by atoms with Gasteiger partial charge in [0.25, 0.3) is 0 Å². The van der Waals surface area contributed by atoms with E-state index in [1.807, 2.05) is 25.4 Å². The molecule has 0 aliphatic carbocycles. The highest BCUT2D eigenvalue weighted by Crippen LogP contribution is 2.18. The number of nitrogens with zero attached hydrogens (tertiary/aromatic N) is 3. The Kier molecular flexibility index (Phi) is 4.85. The molecule has 1 fully saturated rings. The highest BCUT2D eigenvalue weighted by Gasteiger charge is 2.22. The van der Waals surface area contributed by atoms with E-state index < -0.39 is 0 Å². The fraction of sp³-hybridized carbons (Fsp3) is 0.412. The van der Waals surface area contributed by atoms with Crippen LogP contribution in [0.4, 0.5) is 11.8 Å². The van der Waals surface area contributed by atoms with Gasteiger partial charge in [0, 0.05) is 31.9 Å². The first-order valence-electron chi connectivity index (χ1n) is 7.88. The van der Waals surface area contributed by atoms with Crippen molar-refractivity contribution in [3.8, 4) is 0 Å². The fourth-order valence-electron chi connectivity index (χ4n) is 2.78. The standard InChI is InChI=1S/C17H23N5/c1-18-15-9-12-22(13-15)16-8-11-20-17(21-16)19-10-7-14-5-3-2-4-6-14/h2-6,8,11,15,18H,7,9-10,12-13H2,1H3,(H,19,20,21)/t15-/m1/s1. The molecule has 2 N–H and O–H groups in total. The van der Waals surface area contributed by atoms with E-state index in [0.29, 0.717) is 12.0 Å². The average molecular weight is 297 g/mol. The zero-order valence-electron chi connectivity index (χ0n) is 13.0. The molecule has 22 heavy (non-hydrogen) atoms. The molecule has 1 saturated heterocycles. The van der Waals surface area contributed by atoms with Crippen molar-refractivity contribution in [3.63, 3.8) is 0 Å². The molecule has 1 aromatic carbocycles. The minimum Gasteiger partial charge on any atom is -0.355 e. The van der Waals surface area contributed by atoms with Gasteiger partial charge in [-0.2, -0.15) is 4.98 Å². The zero-order valence-corrected chi connectivity index (χ0v) is 13.0. The van der Waals surface area contributed by atoms with Gasteiger partial charge in [-0.3, -0.25) is 0 Å². The van der Waals surface area contributed by atoms with Crippen LogP contribution in [0.1, 0.15) is 12.0 Å². The first-order chi connectivity index (χ1) is 10.8. The summed E-state index contributed by atoms with van der Waals surface area (Å²) in [5.41, 5.74) is 1.32. The van der Waals surface area contributed by atoms with Crippen molar-refractivity contribution in [1.82, 2.24) is 15.3 Å². The Morgan fingerprint density at radius 2 is 2.09 bits per heavy atom. The van der Waals surface area contributed by atoms with Crippen LogP contribution in [0, 0.1) is 0 Å². The number of anilines is 2. The molecule has 0 spiro atoms. The molecule has 5 heteroatoms. The first-order valence-corrected chi connectivity index (χ1v) is 7.88. The first kappa shape index (κ1) is 14.8. The summed E-state index contributed by atoms with van der Waals surface area (Å²) >= 11 is 0. The van der Waals surface area contributed by atoms with E-state index in [0.717, 1.165) is 38.3 Å². The maximum Gasteiger partial charge on any atom is 0.224 e. The van der Waals surface area contributed by atoms with Crippen molar-refractivity contribution in [3.05, 3.63) is 48.2 Å². The number of hydrogen-bond donors (Lipinski definition) is 2. The Balaban J connectivity index is 1.55. The highest BCUT2D eigenvalue weighted by atomic mass is 15.3. The maximum atomic E-state index is 4.63. The zero-order chi connectivity index (χ0) is 15.2. The maximum absolute atomic E-state index is 4.63. The van der Waals surface area contributed by atoms with E-state index in [9.17, 15) is 0 Å². The lowest BCUT2D eigenvalue weighted by molar-refractivity contribution is 0.616. The molecule has 2 aromatic rings. The van der Waals surface area contributed by atoms with Crippen molar-refractivity contribution in [2.45, 2.75) is 18.9 Å². The predicted molar refractivity (Wildman–Crippen MR) is 90.3 cm³/mol. The molecule has 3 rings (SSSR count). The Morgan fingerprint density at radius 1 is 1.23 bits per heavy atom. The lowest BCUT2D eigenvalue weighted by Gasteiger charge is -2.17. The van der Waals surface area contributed by atoms with Crippen LogP contribution >= 0.6 is 0 Å². The third kappa shape index (κ3) is 3.74. The van der Waals surface area contributed by atoms with Gasteiger partial charge >= 0.3 is 0 Å². The molecule has 1 aliphatic rings. The second-order valence-electron chi connectivity index (χ2n) is 5.62. The Hall–Kier alpha value is -2.14. The van der Waals surface area contributed by atoms with Gasteiger partial charge in [0.05, 0.1) is 0 Å². The lowest BCUT2D eigenvalue weighted by Crippen LogP contribution is -2.30. The van der Waals surface area contributed by atoms with E-state index in [-0.39, 0.29) is 0 Å². The van der Waals surface area contributed by atoms with Gasteiger partial charge in [0.1, 0.15) is 5.82 Å². The number of nitrogens with one attached hydrogen (secondary N) is 2. The molecule has 0 unspecified atom stereocenters. The van der Waals surface area contributed by atoms with Crippen LogP contribution in [-0.2, 0) is 6.42 Å². The van der Waals surface area contributed by atoms with E-state index in [4.69, 9.17) is 0 Å². The Morgan fingerprint density at radius 3 is 2.86 bits per heavy atom. The molecule has 5 nitrogen and oxygen atoms in total. The summed E-state index contributed by atoms with van der Waals surface area (Å²) in [6.45, 7) is 2.90. The SMILES string of the molecule is CN[C@@H]1CCN(c2ccnc(NCCc3ccccc3)n2)C1. The van der Waals surface area contributed by atoms with Gasteiger partial charge in [0.15, 0.2) is 0 Å². The van der Waals surface area contributed by atoms with Crippen LogP contribution in [0.3, 0.4) is 0 Å². The summed E-state index contributed by atoms with van der Waals surface area (Å²) in [6, 6.07) is 13.0. The van der Waals surface area contributed by atoms with Crippen molar-refractivity contribution < 1.29 is 0 Å². The van der Waals surface area contributed by atoms with Gasteiger partial charge in [-0.15, -0.1) is 0 Å². The smallest absolute Gasteiger partial charge is 0.224 e. The van der Waals surface area contributed by atoms with Gasteiger partial charge in [-0.1, -0.05) is 30.3 Å². The van der Waals surface area contributed by atoms with E-state index in [1.54, 1.807) is 0 Å². The van der Waals surface area contributed by atoms with E-state index in [1.165, 1.54) is 5.56 Å². The summed E-state index contributed by atoms with van der Waals surface area (Å²) in [4.78, 5) is 11.3. The molecule has 0 radical (unpaired) electrons. The summed E-state index contributed by atoms with van der Waals surface area (Å²) in [6.07, 6.45) is 3.97. The second kappa shape index (κ2) is 7.22. The molecule has 116 valence electrons. The number of rotatable bonds is 6. The van der Waals surface area contributed by atoms with Gasteiger partial charge in [-0.25, -0.2) is 4.98 Å². The van der Waals surface area contributed by atoms with E-state index >= 15 is 0 Å². The van der Waals surface area contributed by atoms with Crippen LogP contribution in [0.25, 0.3) is 0 Å². The van der Waals surface area contributed by atoms with Crippen LogP contribution in [0.15, 0.2) is 42.6 Å². The number of benzene rings is 1. The lowest BCUT2D eigenvalue weighted by atomic mass is 10.1. The Labute approximate surface area is 131 Å². The predicted octanol–water partition coefficient (Wildman–Crippen LogP) is 1.93. The normalized spacial score (nSPS) is 17.7. The number of aromatic nitrogens is 2. The van der Waals surface area contributed by atoms with Gasteiger partial charge < -0.3 is 15.5 Å². The summed E-state index contributed by atoms with van der Waals surface area (Å²) in [5, 5.41) is 6.65.